The first-order valence-corrected chi connectivity index (χ1v) is 13.6. The van der Waals surface area contributed by atoms with E-state index in [1.54, 1.807) is 0 Å². The van der Waals surface area contributed by atoms with Gasteiger partial charge in [-0.25, -0.2) is 21.6 Å². The summed E-state index contributed by atoms with van der Waals surface area (Å²) < 4.78 is 71.5. The molecule has 0 bridgehead atoms. The number of thioether (sulfide) groups is 1. The minimum Gasteiger partial charge on any atom is -0.358 e. The molecule has 3 heterocycles. The molecule has 5 rings (SSSR count). The van der Waals surface area contributed by atoms with Gasteiger partial charge in [-0.15, -0.1) is 0 Å². The number of anilines is 1. The van der Waals surface area contributed by atoms with Gasteiger partial charge < -0.3 is 5.32 Å². The molecule has 3 aliphatic rings. The van der Waals surface area contributed by atoms with Crippen LogP contribution in [0.3, 0.4) is 0 Å². The largest absolute Gasteiger partial charge is 0.358 e. The van der Waals surface area contributed by atoms with Crippen LogP contribution in [-0.4, -0.2) is 42.6 Å². The van der Waals surface area contributed by atoms with Crippen molar-refractivity contribution >= 4 is 44.8 Å². The molecule has 0 spiro atoms. The summed E-state index contributed by atoms with van der Waals surface area (Å²) >= 11 is 7.83. The lowest BCUT2D eigenvalue weighted by Crippen LogP contribution is -2.25. The zero-order valence-electron chi connectivity index (χ0n) is 18.9. The van der Waals surface area contributed by atoms with Crippen LogP contribution in [0.1, 0.15) is 26.3 Å². The Bertz CT molecular complexity index is 1370. The van der Waals surface area contributed by atoms with Crippen LogP contribution in [0.4, 0.5) is 18.9 Å². The molecule has 2 saturated heterocycles. The summed E-state index contributed by atoms with van der Waals surface area (Å²) in [6.07, 6.45) is 0. The average molecular weight is 543 g/mol. The Balaban J connectivity index is 1.57. The third-order valence-electron chi connectivity index (χ3n) is 5.91. The van der Waals surface area contributed by atoms with Crippen LogP contribution in [0.15, 0.2) is 56.9 Å². The van der Waals surface area contributed by atoms with Crippen molar-refractivity contribution in [2.75, 3.05) is 11.3 Å². The summed E-state index contributed by atoms with van der Waals surface area (Å²) in [7, 11) is -4.74. The van der Waals surface area contributed by atoms with Gasteiger partial charge in [0.05, 0.1) is 22.3 Å². The number of fused-ring (bicyclic) bond motifs is 1. The number of sulfonamides is 1. The molecule has 35 heavy (non-hydrogen) atoms. The first kappa shape index (κ1) is 24.5. The van der Waals surface area contributed by atoms with Gasteiger partial charge in [0.1, 0.15) is 17.0 Å². The normalized spacial score (nSPS) is 27.9. The molecule has 0 aromatic heterocycles. The SMILES string of the molecule is CC(C)(C)C1N=C(c2cccc(NS(=O)(=O)c3c(F)cccc3F)c2F)C(=C2NC(Cl)N3CC23)S1. The van der Waals surface area contributed by atoms with Crippen LogP contribution in [0, 0.1) is 22.9 Å². The maximum Gasteiger partial charge on any atom is 0.267 e. The maximum absolute atomic E-state index is 15.8. The molecule has 2 N–H and O–H groups in total. The smallest absolute Gasteiger partial charge is 0.267 e. The highest BCUT2D eigenvalue weighted by molar-refractivity contribution is 8.05. The van der Waals surface area contributed by atoms with Gasteiger partial charge in [0.2, 0.25) is 0 Å². The highest BCUT2D eigenvalue weighted by atomic mass is 35.5. The molecule has 2 fully saturated rings. The second-order valence-corrected chi connectivity index (χ2v) is 12.7. The Morgan fingerprint density at radius 1 is 1.14 bits per heavy atom. The summed E-state index contributed by atoms with van der Waals surface area (Å²) in [6, 6.07) is 6.93. The monoisotopic (exact) mass is 542 g/mol. The van der Waals surface area contributed by atoms with E-state index in [1.807, 2.05) is 30.4 Å². The topological polar surface area (TPSA) is 73.6 Å². The Morgan fingerprint density at radius 2 is 1.80 bits per heavy atom. The molecule has 6 nitrogen and oxygen atoms in total. The van der Waals surface area contributed by atoms with Crippen molar-refractivity contribution in [2.24, 2.45) is 10.4 Å². The molecule has 4 atom stereocenters. The Hall–Kier alpha value is -2.21. The fraction of sp³-hybridized carbons (Fsp3) is 0.348. The quantitative estimate of drug-likeness (QED) is 0.329. The molecule has 12 heteroatoms. The maximum atomic E-state index is 15.8. The summed E-state index contributed by atoms with van der Waals surface area (Å²) in [5.41, 5.74) is 0.275. The zero-order chi connectivity index (χ0) is 25.3. The van der Waals surface area contributed by atoms with E-state index in [-0.39, 0.29) is 28.0 Å². The number of halogens is 4. The van der Waals surface area contributed by atoms with E-state index >= 15 is 4.39 Å². The van der Waals surface area contributed by atoms with E-state index in [0.29, 0.717) is 5.71 Å². The van der Waals surface area contributed by atoms with Gasteiger partial charge in [0.15, 0.2) is 16.3 Å². The van der Waals surface area contributed by atoms with Gasteiger partial charge in [-0.05, 0) is 29.7 Å². The number of hydrogen-bond acceptors (Lipinski definition) is 6. The van der Waals surface area contributed by atoms with Crippen molar-refractivity contribution < 1.29 is 21.6 Å². The third kappa shape index (κ3) is 4.32. The summed E-state index contributed by atoms with van der Waals surface area (Å²) in [4.78, 5) is 6.41. The number of nitrogens with one attached hydrogen (secondary N) is 2. The molecule has 0 radical (unpaired) electrons. The molecular formula is C23H22ClF3N4O2S2. The van der Waals surface area contributed by atoms with Crippen molar-refractivity contribution in [1.29, 1.82) is 0 Å². The predicted molar refractivity (Wildman–Crippen MR) is 131 cm³/mol. The van der Waals surface area contributed by atoms with Crippen molar-refractivity contribution in [3.05, 3.63) is 70.0 Å². The number of allylic oxidation sites excluding steroid dienone is 1. The summed E-state index contributed by atoms with van der Waals surface area (Å²) in [5.74, 6) is -3.45. The highest BCUT2D eigenvalue weighted by Crippen LogP contribution is 2.48. The zero-order valence-corrected chi connectivity index (χ0v) is 21.3. The summed E-state index contributed by atoms with van der Waals surface area (Å²) in [6.45, 7) is 6.86. The summed E-state index contributed by atoms with van der Waals surface area (Å²) in [5, 5.41) is 3.01. The van der Waals surface area contributed by atoms with E-state index in [4.69, 9.17) is 16.6 Å². The lowest BCUT2D eigenvalue weighted by Gasteiger charge is -2.23. The van der Waals surface area contributed by atoms with Crippen molar-refractivity contribution in [3.63, 3.8) is 0 Å². The minimum absolute atomic E-state index is 0.0768. The molecule has 0 amide bonds. The number of aliphatic imine (C=N–C) groups is 1. The lowest BCUT2D eigenvalue weighted by atomic mass is 9.96. The second-order valence-electron chi connectivity index (χ2n) is 9.57. The molecule has 0 saturated carbocycles. The van der Waals surface area contributed by atoms with E-state index in [2.05, 4.69) is 5.32 Å². The van der Waals surface area contributed by atoms with Gasteiger partial charge in [-0.1, -0.05) is 56.3 Å². The molecule has 3 aliphatic heterocycles. The van der Waals surface area contributed by atoms with Crippen molar-refractivity contribution in [3.8, 4) is 0 Å². The number of benzene rings is 2. The molecular weight excluding hydrogens is 521 g/mol. The first-order chi connectivity index (χ1) is 16.4. The number of nitrogens with zero attached hydrogens (tertiary/aromatic N) is 2. The minimum atomic E-state index is -4.74. The van der Waals surface area contributed by atoms with Gasteiger partial charge in [-0.3, -0.25) is 14.6 Å². The van der Waals surface area contributed by atoms with E-state index < -0.39 is 38.1 Å². The lowest BCUT2D eigenvalue weighted by molar-refractivity contribution is 0.404. The van der Waals surface area contributed by atoms with Crippen LogP contribution < -0.4 is 10.0 Å². The van der Waals surface area contributed by atoms with Crippen molar-refractivity contribution in [2.45, 2.75) is 42.7 Å². The van der Waals surface area contributed by atoms with Crippen LogP contribution in [0.25, 0.3) is 0 Å². The molecule has 4 unspecified atom stereocenters. The molecule has 0 aliphatic carbocycles. The molecule has 2 aromatic rings. The fourth-order valence-electron chi connectivity index (χ4n) is 4.04. The standard InChI is InChI=1S/C23H22ClF3N4O2S2/c1-23(2,3)21-28-17(19(34-21)18-15-10-31(15)22(24)29-18)11-6-4-9-14(16(11)27)30-35(32,33)20-12(25)7-5-8-13(20)26/h4-9,15,21-22,29-30H,10H2,1-3H3. The van der Waals surface area contributed by atoms with Crippen LogP contribution in [0.5, 0.6) is 0 Å². The Kier molecular flexibility index (Phi) is 5.90. The predicted octanol–water partition coefficient (Wildman–Crippen LogP) is 4.83. The van der Waals surface area contributed by atoms with E-state index in [9.17, 15) is 17.2 Å². The van der Waals surface area contributed by atoms with Gasteiger partial charge in [-0.2, -0.15) is 0 Å². The van der Waals surface area contributed by atoms with Gasteiger partial charge >= 0.3 is 0 Å². The molecule has 2 aromatic carbocycles. The molecule has 186 valence electrons. The number of alkyl halides is 1. The average Bonchev–Trinajstić information content (AvgIpc) is 3.31. The van der Waals surface area contributed by atoms with E-state index in [0.717, 1.165) is 35.3 Å². The first-order valence-electron chi connectivity index (χ1n) is 10.8. The number of rotatable bonds is 4. The Morgan fingerprint density at radius 3 is 2.37 bits per heavy atom. The third-order valence-corrected chi connectivity index (χ3v) is 9.37. The number of hydrogen-bond donors (Lipinski definition) is 2. The van der Waals surface area contributed by atoms with Crippen LogP contribution in [0.2, 0.25) is 0 Å². The van der Waals surface area contributed by atoms with Crippen LogP contribution in [-0.2, 0) is 10.0 Å². The van der Waals surface area contributed by atoms with E-state index in [1.165, 1.54) is 30.0 Å². The van der Waals surface area contributed by atoms with Gasteiger partial charge in [0.25, 0.3) is 10.0 Å². The Labute approximate surface area is 210 Å². The fourth-order valence-corrected chi connectivity index (χ4v) is 6.90. The second kappa shape index (κ2) is 8.43. The van der Waals surface area contributed by atoms with Crippen molar-refractivity contribution in [1.82, 2.24) is 10.2 Å². The van der Waals surface area contributed by atoms with Gasteiger partial charge in [0, 0.05) is 17.8 Å². The van der Waals surface area contributed by atoms with Crippen LogP contribution >= 0.6 is 23.4 Å². The highest BCUT2D eigenvalue weighted by Gasteiger charge is 2.51.